The standard InChI is InChI=1S/C31H38ClN3O4S/c1-6-7-19-33-31(37)25(5)34(20-26-13-15-27(32)16-14-26)30(36)21-35(29-10-8-9-23(3)24(29)4)40(38,39)28-17-11-22(2)12-18-28/h8-18,25H,6-7,19-21H2,1-5H3,(H,33,37)/t25-/m0/s1. The van der Waals surface area contributed by atoms with Gasteiger partial charge in [0.1, 0.15) is 12.6 Å². The maximum Gasteiger partial charge on any atom is 0.264 e. The molecule has 0 spiro atoms. The summed E-state index contributed by atoms with van der Waals surface area (Å²) in [7, 11) is -4.11. The van der Waals surface area contributed by atoms with Crippen LogP contribution in [0.1, 0.15) is 48.9 Å². The van der Waals surface area contributed by atoms with Gasteiger partial charge in [0, 0.05) is 18.1 Å². The van der Waals surface area contributed by atoms with Crippen molar-refractivity contribution in [2.75, 3.05) is 17.4 Å². The van der Waals surface area contributed by atoms with Crippen LogP contribution in [-0.4, -0.2) is 44.3 Å². The smallest absolute Gasteiger partial charge is 0.264 e. The zero-order chi connectivity index (χ0) is 29.4. The molecule has 0 unspecified atom stereocenters. The summed E-state index contributed by atoms with van der Waals surface area (Å²) in [6.45, 7) is 9.44. The first kappa shape index (κ1) is 31.2. The van der Waals surface area contributed by atoms with Gasteiger partial charge in [0.25, 0.3) is 10.0 Å². The van der Waals surface area contributed by atoms with Gasteiger partial charge < -0.3 is 10.2 Å². The average molecular weight is 584 g/mol. The number of carbonyl (C=O) groups excluding carboxylic acids is 2. The number of unbranched alkanes of at least 4 members (excludes halogenated alkanes) is 1. The quantitative estimate of drug-likeness (QED) is 0.273. The number of hydrogen-bond acceptors (Lipinski definition) is 4. The minimum atomic E-state index is -4.11. The molecule has 1 atom stereocenters. The molecule has 3 aromatic carbocycles. The van der Waals surface area contributed by atoms with Crippen LogP contribution < -0.4 is 9.62 Å². The maximum atomic E-state index is 14.0. The number of carbonyl (C=O) groups is 2. The Kier molecular flexibility index (Phi) is 10.8. The maximum absolute atomic E-state index is 14.0. The molecule has 0 fully saturated rings. The first-order valence-electron chi connectivity index (χ1n) is 13.4. The van der Waals surface area contributed by atoms with Gasteiger partial charge in [-0.1, -0.05) is 66.9 Å². The molecule has 0 aliphatic carbocycles. The predicted octanol–water partition coefficient (Wildman–Crippen LogP) is 5.79. The lowest BCUT2D eigenvalue weighted by Crippen LogP contribution is -2.51. The number of nitrogens with one attached hydrogen (secondary N) is 1. The molecular weight excluding hydrogens is 546 g/mol. The average Bonchev–Trinajstić information content (AvgIpc) is 2.93. The molecule has 3 aromatic rings. The van der Waals surface area contributed by atoms with Crippen LogP contribution in [0.2, 0.25) is 5.02 Å². The van der Waals surface area contributed by atoms with Crippen LogP contribution in [0.5, 0.6) is 0 Å². The fourth-order valence-electron chi connectivity index (χ4n) is 4.26. The van der Waals surface area contributed by atoms with Crippen LogP contribution >= 0.6 is 11.6 Å². The van der Waals surface area contributed by atoms with Crippen LogP contribution in [0.25, 0.3) is 0 Å². The number of rotatable bonds is 12. The summed E-state index contributed by atoms with van der Waals surface area (Å²) in [4.78, 5) is 28.6. The molecule has 3 rings (SSSR count). The molecule has 2 amide bonds. The van der Waals surface area contributed by atoms with Crippen molar-refractivity contribution in [3.63, 3.8) is 0 Å². The number of hydrogen-bond donors (Lipinski definition) is 1. The summed E-state index contributed by atoms with van der Waals surface area (Å²) in [5.41, 5.74) is 3.76. The molecular formula is C31H38ClN3O4S. The molecule has 0 bridgehead atoms. The first-order valence-corrected chi connectivity index (χ1v) is 15.2. The van der Waals surface area contributed by atoms with Crippen LogP contribution in [0.4, 0.5) is 5.69 Å². The van der Waals surface area contributed by atoms with Crippen LogP contribution in [0, 0.1) is 20.8 Å². The molecule has 0 heterocycles. The molecule has 0 aromatic heterocycles. The van der Waals surface area contributed by atoms with Crippen molar-refractivity contribution in [2.45, 2.75) is 64.9 Å². The third kappa shape index (κ3) is 7.64. The third-order valence-electron chi connectivity index (χ3n) is 7.00. The Bertz CT molecular complexity index is 1420. The van der Waals surface area contributed by atoms with Crippen LogP contribution in [0.15, 0.2) is 71.6 Å². The van der Waals surface area contributed by atoms with Crippen molar-refractivity contribution >= 4 is 39.1 Å². The fraction of sp³-hybridized carbons (Fsp3) is 0.355. The van der Waals surface area contributed by atoms with Gasteiger partial charge in [-0.25, -0.2) is 8.42 Å². The number of anilines is 1. The Morgan fingerprint density at radius 3 is 2.23 bits per heavy atom. The lowest BCUT2D eigenvalue weighted by Gasteiger charge is -2.32. The number of amides is 2. The van der Waals surface area contributed by atoms with Crippen molar-refractivity contribution in [1.29, 1.82) is 0 Å². The van der Waals surface area contributed by atoms with Gasteiger partial charge in [-0.2, -0.15) is 0 Å². The van der Waals surface area contributed by atoms with E-state index in [2.05, 4.69) is 5.32 Å². The number of nitrogens with zero attached hydrogens (tertiary/aromatic N) is 2. The van der Waals surface area contributed by atoms with E-state index in [4.69, 9.17) is 11.6 Å². The first-order chi connectivity index (χ1) is 18.9. The second-order valence-corrected chi connectivity index (χ2v) is 12.3. The summed E-state index contributed by atoms with van der Waals surface area (Å²) in [6.07, 6.45) is 1.74. The van der Waals surface area contributed by atoms with Gasteiger partial charge in [0.05, 0.1) is 10.6 Å². The Morgan fingerprint density at radius 1 is 0.950 bits per heavy atom. The molecule has 0 radical (unpaired) electrons. The Labute approximate surface area is 243 Å². The highest BCUT2D eigenvalue weighted by Gasteiger charge is 2.33. The summed E-state index contributed by atoms with van der Waals surface area (Å²) in [5, 5.41) is 3.44. The molecule has 1 N–H and O–H groups in total. The van der Waals surface area contributed by atoms with Crippen molar-refractivity contribution < 1.29 is 18.0 Å². The van der Waals surface area contributed by atoms with Crippen molar-refractivity contribution in [3.8, 4) is 0 Å². The normalized spacial score (nSPS) is 12.1. The predicted molar refractivity (Wildman–Crippen MR) is 161 cm³/mol. The third-order valence-corrected chi connectivity index (χ3v) is 9.02. The summed E-state index contributed by atoms with van der Waals surface area (Å²) < 4.78 is 29.2. The zero-order valence-corrected chi connectivity index (χ0v) is 25.3. The number of aryl methyl sites for hydroxylation is 2. The van der Waals surface area contributed by atoms with E-state index < -0.39 is 28.5 Å². The van der Waals surface area contributed by atoms with Crippen LogP contribution in [-0.2, 0) is 26.2 Å². The van der Waals surface area contributed by atoms with E-state index in [-0.39, 0.29) is 17.3 Å². The van der Waals surface area contributed by atoms with Gasteiger partial charge in [0.2, 0.25) is 11.8 Å². The molecule has 7 nitrogen and oxygen atoms in total. The van der Waals surface area contributed by atoms with Crippen LogP contribution in [0.3, 0.4) is 0 Å². The Hall–Kier alpha value is -3.36. The molecule has 40 heavy (non-hydrogen) atoms. The molecule has 0 saturated carbocycles. The Balaban J connectivity index is 2.04. The van der Waals surface area contributed by atoms with E-state index in [1.165, 1.54) is 4.90 Å². The lowest BCUT2D eigenvalue weighted by atomic mass is 10.1. The monoisotopic (exact) mass is 583 g/mol. The zero-order valence-electron chi connectivity index (χ0n) is 23.8. The van der Waals surface area contributed by atoms with E-state index in [0.717, 1.165) is 39.4 Å². The lowest BCUT2D eigenvalue weighted by molar-refractivity contribution is -0.139. The van der Waals surface area contributed by atoms with Gasteiger partial charge >= 0.3 is 0 Å². The van der Waals surface area contributed by atoms with Crippen molar-refractivity contribution in [3.05, 3.63) is 94.0 Å². The van der Waals surface area contributed by atoms with E-state index in [0.29, 0.717) is 17.3 Å². The minimum absolute atomic E-state index is 0.0846. The van der Waals surface area contributed by atoms with Gasteiger partial charge in [0.15, 0.2) is 0 Å². The molecule has 214 valence electrons. The van der Waals surface area contributed by atoms with Gasteiger partial charge in [-0.05, 0) is 81.1 Å². The van der Waals surface area contributed by atoms with E-state index in [9.17, 15) is 18.0 Å². The highest BCUT2D eigenvalue weighted by molar-refractivity contribution is 7.92. The summed E-state index contributed by atoms with van der Waals surface area (Å²) >= 11 is 6.06. The van der Waals surface area contributed by atoms with Crippen molar-refractivity contribution in [1.82, 2.24) is 10.2 Å². The summed E-state index contributed by atoms with van der Waals surface area (Å²) in [6, 6.07) is 18.1. The van der Waals surface area contributed by atoms with Gasteiger partial charge in [-0.3, -0.25) is 13.9 Å². The van der Waals surface area contributed by atoms with E-state index >= 15 is 0 Å². The second-order valence-electron chi connectivity index (χ2n) is 10.0. The number of benzene rings is 3. The fourth-order valence-corrected chi connectivity index (χ4v) is 5.86. The Morgan fingerprint density at radius 2 is 1.60 bits per heavy atom. The molecule has 0 saturated heterocycles. The summed E-state index contributed by atoms with van der Waals surface area (Å²) in [5.74, 6) is -0.792. The topological polar surface area (TPSA) is 86.8 Å². The second kappa shape index (κ2) is 13.8. The highest BCUT2D eigenvalue weighted by atomic mass is 35.5. The van der Waals surface area contributed by atoms with E-state index in [1.807, 2.05) is 33.8 Å². The highest BCUT2D eigenvalue weighted by Crippen LogP contribution is 2.29. The largest absolute Gasteiger partial charge is 0.354 e. The number of halogens is 1. The SMILES string of the molecule is CCCCNC(=O)[C@H](C)N(Cc1ccc(Cl)cc1)C(=O)CN(c1cccc(C)c1C)S(=O)(=O)c1ccc(C)cc1. The molecule has 0 aliphatic heterocycles. The molecule has 9 heteroatoms. The minimum Gasteiger partial charge on any atom is -0.354 e. The van der Waals surface area contributed by atoms with Crippen molar-refractivity contribution in [2.24, 2.45) is 0 Å². The molecule has 0 aliphatic rings. The number of sulfonamides is 1. The van der Waals surface area contributed by atoms with Gasteiger partial charge in [-0.15, -0.1) is 0 Å². The van der Waals surface area contributed by atoms with E-state index in [1.54, 1.807) is 67.6 Å².